The van der Waals surface area contributed by atoms with Crippen LogP contribution in [0.25, 0.3) is 17.3 Å². The van der Waals surface area contributed by atoms with Crippen LogP contribution in [0.5, 0.6) is 0 Å². The zero-order valence-corrected chi connectivity index (χ0v) is 21.0. The largest absolute Gasteiger partial charge is 0.445 e. The minimum atomic E-state index is -0.254. The molecule has 1 amide bonds. The number of hydrogen-bond donors (Lipinski definition) is 1. The number of aromatic nitrogens is 2. The summed E-state index contributed by atoms with van der Waals surface area (Å²) in [5.41, 5.74) is 6.25. The van der Waals surface area contributed by atoms with Crippen molar-refractivity contribution in [2.24, 2.45) is 11.8 Å². The highest BCUT2D eigenvalue weighted by molar-refractivity contribution is 6.35. The molecule has 6 rings (SSSR count). The topological polar surface area (TPSA) is 72.5 Å². The average Bonchev–Trinajstić information content (AvgIpc) is 3.58. The molecule has 1 N–H and O–H groups in total. The van der Waals surface area contributed by atoms with Crippen LogP contribution in [-0.4, -0.2) is 40.4 Å². The smallest absolute Gasteiger partial charge is 0.286 e. The van der Waals surface area contributed by atoms with Gasteiger partial charge in [0, 0.05) is 29.2 Å². The molecule has 1 aromatic carbocycles. The molecule has 4 heterocycles. The third-order valence-electron chi connectivity index (χ3n) is 7.04. The zero-order valence-electron chi connectivity index (χ0n) is 18.8. The van der Waals surface area contributed by atoms with Gasteiger partial charge in [-0.3, -0.25) is 10.2 Å². The Morgan fingerprint density at radius 2 is 1.89 bits per heavy atom. The first-order valence-electron chi connectivity index (χ1n) is 11.6. The van der Waals surface area contributed by atoms with Crippen LogP contribution in [0.4, 0.5) is 0 Å². The number of carbonyl (C=O) groups excluding carboxylic acids is 1. The Labute approximate surface area is 217 Å². The number of hydrogen-bond acceptors (Lipinski definition) is 5. The molecule has 7 nitrogen and oxygen atoms in total. The van der Waals surface area contributed by atoms with Gasteiger partial charge in [0.05, 0.1) is 29.6 Å². The molecule has 3 aliphatic rings. The maximum Gasteiger partial charge on any atom is 0.286 e. The van der Waals surface area contributed by atoms with Crippen LogP contribution in [0.15, 0.2) is 34.7 Å². The molecule has 1 aliphatic carbocycles. The van der Waals surface area contributed by atoms with Crippen LogP contribution in [0.2, 0.25) is 15.3 Å². The first kappa shape index (κ1) is 23.1. The number of rotatable bonds is 4. The van der Waals surface area contributed by atoms with E-state index in [1.54, 1.807) is 35.0 Å². The van der Waals surface area contributed by atoms with Crippen LogP contribution in [0, 0.1) is 11.8 Å². The predicted octanol–water partition coefficient (Wildman–Crippen LogP) is 5.87. The Hall–Kier alpha value is -2.29. The number of nitrogens with zero attached hydrogens (tertiary/aromatic N) is 3. The van der Waals surface area contributed by atoms with Crippen molar-refractivity contribution in [3.63, 3.8) is 0 Å². The lowest BCUT2D eigenvalue weighted by Gasteiger charge is -2.20. The van der Waals surface area contributed by atoms with Gasteiger partial charge in [-0.15, -0.1) is 0 Å². The highest BCUT2D eigenvalue weighted by Gasteiger charge is 2.38. The van der Waals surface area contributed by atoms with E-state index >= 15 is 0 Å². The number of carbonyl (C=O) groups is 1. The van der Waals surface area contributed by atoms with E-state index in [1.807, 2.05) is 11.1 Å². The molecule has 2 fully saturated rings. The van der Waals surface area contributed by atoms with E-state index in [4.69, 9.17) is 49.1 Å². The molecule has 2 atom stereocenters. The Kier molecular flexibility index (Phi) is 6.15. The summed E-state index contributed by atoms with van der Waals surface area (Å²) in [5, 5.41) is 8.00. The molecule has 1 saturated heterocycles. The minimum absolute atomic E-state index is 0.254. The second-order valence-electron chi connectivity index (χ2n) is 9.28. The van der Waals surface area contributed by atoms with Gasteiger partial charge in [-0.05, 0) is 72.7 Å². The number of amides is 1. The normalized spacial score (nSPS) is 23.0. The Balaban J connectivity index is 1.41. The molecular formula is C25H23Cl3N4O3. The summed E-state index contributed by atoms with van der Waals surface area (Å²) in [5.74, 6) is 1.64. The van der Waals surface area contributed by atoms with Gasteiger partial charge in [0.1, 0.15) is 5.76 Å². The van der Waals surface area contributed by atoms with Gasteiger partial charge in [0.25, 0.3) is 5.91 Å². The van der Waals surface area contributed by atoms with Gasteiger partial charge < -0.3 is 9.15 Å². The van der Waals surface area contributed by atoms with E-state index in [-0.39, 0.29) is 12.5 Å². The highest BCUT2D eigenvalue weighted by Crippen LogP contribution is 2.38. The lowest BCUT2D eigenvalue weighted by Crippen LogP contribution is -2.41. The molecule has 2 unspecified atom stereocenters. The highest BCUT2D eigenvalue weighted by atomic mass is 35.5. The monoisotopic (exact) mass is 532 g/mol. The molecule has 182 valence electrons. The number of furan rings is 1. The van der Waals surface area contributed by atoms with Gasteiger partial charge in [0.15, 0.2) is 10.9 Å². The third kappa shape index (κ3) is 4.41. The van der Waals surface area contributed by atoms with Crippen molar-refractivity contribution in [1.29, 1.82) is 0 Å². The number of ether oxygens (including phenoxy) is 1. The molecule has 0 spiro atoms. The van der Waals surface area contributed by atoms with Crippen LogP contribution in [-0.2, 0) is 11.3 Å². The maximum absolute atomic E-state index is 13.5. The zero-order chi connectivity index (χ0) is 24.1. The van der Waals surface area contributed by atoms with E-state index < -0.39 is 0 Å². The second kappa shape index (κ2) is 9.30. The first-order valence-corrected chi connectivity index (χ1v) is 12.8. The molecule has 0 bridgehead atoms. The summed E-state index contributed by atoms with van der Waals surface area (Å²) >= 11 is 18.7. The van der Waals surface area contributed by atoms with Crippen LogP contribution < -0.4 is 5.43 Å². The van der Waals surface area contributed by atoms with E-state index in [1.165, 1.54) is 19.3 Å². The number of benzene rings is 1. The van der Waals surface area contributed by atoms with Crippen molar-refractivity contribution >= 4 is 52.4 Å². The molecule has 1 saturated carbocycles. The summed E-state index contributed by atoms with van der Waals surface area (Å²) in [6, 6.07) is 8.64. The number of fused-ring (bicyclic) bond motifs is 2. The van der Waals surface area contributed by atoms with Gasteiger partial charge in [-0.2, -0.15) is 5.10 Å². The third-order valence-corrected chi connectivity index (χ3v) is 7.78. The van der Waals surface area contributed by atoms with Crippen molar-refractivity contribution < 1.29 is 13.9 Å². The van der Waals surface area contributed by atoms with Crippen molar-refractivity contribution in [2.45, 2.75) is 25.9 Å². The average molecular weight is 534 g/mol. The fraction of sp³-hybridized carbons (Fsp3) is 0.360. The quantitative estimate of drug-likeness (QED) is 0.454. The molecule has 2 aliphatic heterocycles. The second-order valence-corrected chi connectivity index (χ2v) is 10.5. The van der Waals surface area contributed by atoms with E-state index in [0.29, 0.717) is 56.4 Å². The van der Waals surface area contributed by atoms with Crippen LogP contribution in [0.3, 0.4) is 0 Å². The van der Waals surface area contributed by atoms with Gasteiger partial charge in [-0.25, -0.2) is 9.69 Å². The lowest BCUT2D eigenvalue weighted by atomic mass is 10.0. The van der Waals surface area contributed by atoms with Crippen molar-refractivity contribution in [2.75, 3.05) is 19.7 Å². The number of nitrogens with one attached hydrogen (secondary N) is 1. The molecular weight excluding hydrogens is 511 g/mol. The fourth-order valence-electron chi connectivity index (χ4n) is 5.47. The number of halogens is 3. The molecule has 35 heavy (non-hydrogen) atoms. The molecule has 2 aromatic heterocycles. The Morgan fingerprint density at radius 3 is 2.60 bits per heavy atom. The summed E-state index contributed by atoms with van der Waals surface area (Å²) < 4.78 is 13.1. The van der Waals surface area contributed by atoms with Gasteiger partial charge in [0.2, 0.25) is 0 Å². The molecule has 10 heteroatoms. The molecule has 0 radical (unpaired) electrons. The van der Waals surface area contributed by atoms with Crippen molar-refractivity contribution in [3.8, 4) is 5.69 Å². The maximum atomic E-state index is 13.5. The van der Waals surface area contributed by atoms with Crippen LogP contribution >= 0.6 is 34.8 Å². The van der Waals surface area contributed by atoms with Crippen molar-refractivity contribution in [3.05, 3.63) is 68.3 Å². The summed E-state index contributed by atoms with van der Waals surface area (Å²) in [7, 11) is 0. The first-order chi connectivity index (χ1) is 17.0. The lowest BCUT2D eigenvalue weighted by molar-refractivity contribution is 0.0802. The number of hydrazine groups is 1. The standard InChI is InChI=1S/C25H23Cl3N4O3/c26-17-4-6-21(20(27)9-17)32-24-16(8-18-5-7-22(28)35-18)12-34-13-19(24)23(29-32)25(33)30-31-10-14-2-1-3-15(14)11-31/h4-9,14-15H,1-3,10-13H2,(H,30,33). The predicted molar refractivity (Wildman–Crippen MR) is 135 cm³/mol. The SMILES string of the molecule is O=C(NN1CC2CCCC2C1)c1nn(-c2ccc(Cl)cc2Cl)c2c1COCC2=Cc1ccc(Cl)o1. The van der Waals surface area contributed by atoms with E-state index in [0.717, 1.165) is 24.4 Å². The Morgan fingerprint density at radius 1 is 1.09 bits per heavy atom. The fourth-order valence-corrected chi connectivity index (χ4v) is 6.11. The Bertz CT molecular complexity index is 1320. The van der Waals surface area contributed by atoms with Gasteiger partial charge >= 0.3 is 0 Å². The van der Waals surface area contributed by atoms with Crippen molar-refractivity contribution in [1.82, 2.24) is 20.2 Å². The minimum Gasteiger partial charge on any atom is -0.445 e. The van der Waals surface area contributed by atoms with E-state index in [9.17, 15) is 4.79 Å². The molecule has 3 aromatic rings. The van der Waals surface area contributed by atoms with Crippen LogP contribution in [0.1, 0.15) is 46.8 Å². The van der Waals surface area contributed by atoms with Gasteiger partial charge in [-0.1, -0.05) is 29.6 Å². The summed E-state index contributed by atoms with van der Waals surface area (Å²) in [6.45, 7) is 2.33. The van der Waals surface area contributed by atoms with E-state index in [2.05, 4.69) is 5.43 Å². The summed E-state index contributed by atoms with van der Waals surface area (Å²) in [6.07, 6.45) is 5.59. The summed E-state index contributed by atoms with van der Waals surface area (Å²) in [4.78, 5) is 13.5.